The standard InChI is InChI=1S/C11H12N2O4S2/c1-2-3-6-19(16,17)11-12-9-5-4-8(13(14)15)7-10(9)18-11/h4-5,7H,2-3,6H2,1H3. The fourth-order valence-electron chi connectivity index (χ4n) is 1.56. The molecule has 0 atom stereocenters. The second kappa shape index (κ2) is 5.22. The van der Waals surface area contributed by atoms with Crippen LogP contribution >= 0.6 is 11.3 Å². The first-order valence-corrected chi connectivity index (χ1v) is 8.18. The van der Waals surface area contributed by atoms with Gasteiger partial charge in [0.2, 0.25) is 14.2 Å². The van der Waals surface area contributed by atoms with Gasteiger partial charge in [0.05, 0.1) is 20.9 Å². The summed E-state index contributed by atoms with van der Waals surface area (Å²) in [5.74, 6) is 0.0609. The van der Waals surface area contributed by atoms with Gasteiger partial charge in [-0.25, -0.2) is 13.4 Å². The van der Waals surface area contributed by atoms with E-state index in [9.17, 15) is 18.5 Å². The summed E-state index contributed by atoms with van der Waals surface area (Å²) in [6, 6.07) is 4.15. The Kier molecular flexibility index (Phi) is 3.81. The van der Waals surface area contributed by atoms with Crippen molar-refractivity contribution in [1.29, 1.82) is 0 Å². The topological polar surface area (TPSA) is 90.2 Å². The van der Waals surface area contributed by atoms with Gasteiger partial charge in [-0.15, -0.1) is 11.3 Å². The van der Waals surface area contributed by atoms with E-state index in [2.05, 4.69) is 4.98 Å². The molecule has 2 aromatic rings. The molecule has 1 heterocycles. The highest BCUT2D eigenvalue weighted by Crippen LogP contribution is 2.29. The Bertz CT molecular complexity index is 721. The maximum absolute atomic E-state index is 12.0. The summed E-state index contributed by atoms with van der Waals surface area (Å²) >= 11 is 0.983. The Morgan fingerprint density at radius 2 is 2.16 bits per heavy atom. The van der Waals surface area contributed by atoms with Gasteiger partial charge in [0, 0.05) is 12.1 Å². The third kappa shape index (κ3) is 2.90. The maximum Gasteiger partial charge on any atom is 0.270 e. The van der Waals surface area contributed by atoms with Crippen molar-refractivity contribution in [3.8, 4) is 0 Å². The van der Waals surface area contributed by atoms with E-state index in [1.807, 2.05) is 6.92 Å². The number of nitrogens with zero attached hydrogens (tertiary/aromatic N) is 2. The molecule has 2 rings (SSSR count). The number of hydrogen-bond acceptors (Lipinski definition) is 6. The fourth-order valence-corrected chi connectivity index (χ4v) is 4.40. The predicted molar refractivity (Wildman–Crippen MR) is 73.2 cm³/mol. The molecule has 0 unspecified atom stereocenters. The Labute approximate surface area is 114 Å². The molecule has 0 N–H and O–H groups in total. The number of nitro benzene ring substituents is 1. The molecule has 0 radical (unpaired) electrons. The van der Waals surface area contributed by atoms with Crippen LogP contribution in [0, 0.1) is 10.1 Å². The fraction of sp³-hybridized carbons (Fsp3) is 0.364. The number of aromatic nitrogens is 1. The second-order valence-electron chi connectivity index (χ2n) is 4.06. The average Bonchev–Trinajstić information content (AvgIpc) is 2.79. The summed E-state index contributed by atoms with van der Waals surface area (Å²) in [6.07, 6.45) is 1.37. The molecule has 8 heteroatoms. The minimum Gasteiger partial charge on any atom is -0.258 e. The van der Waals surface area contributed by atoms with E-state index < -0.39 is 14.8 Å². The number of hydrogen-bond donors (Lipinski definition) is 0. The summed E-state index contributed by atoms with van der Waals surface area (Å²) in [5.41, 5.74) is 0.416. The highest BCUT2D eigenvalue weighted by Gasteiger charge is 2.20. The van der Waals surface area contributed by atoms with Crippen LogP contribution in [0.1, 0.15) is 19.8 Å². The minimum atomic E-state index is -3.38. The largest absolute Gasteiger partial charge is 0.270 e. The summed E-state index contributed by atoms with van der Waals surface area (Å²) in [4.78, 5) is 14.2. The van der Waals surface area contributed by atoms with Gasteiger partial charge in [-0.05, 0) is 12.5 Å². The van der Waals surface area contributed by atoms with Crippen molar-refractivity contribution < 1.29 is 13.3 Å². The van der Waals surface area contributed by atoms with Crippen molar-refractivity contribution in [2.45, 2.75) is 24.1 Å². The van der Waals surface area contributed by atoms with Crippen molar-refractivity contribution in [2.24, 2.45) is 0 Å². The highest BCUT2D eigenvalue weighted by atomic mass is 32.2. The van der Waals surface area contributed by atoms with Crippen LogP contribution in [0.15, 0.2) is 22.5 Å². The first-order chi connectivity index (χ1) is 8.94. The lowest BCUT2D eigenvalue weighted by molar-refractivity contribution is -0.384. The van der Waals surface area contributed by atoms with E-state index in [1.165, 1.54) is 18.2 Å². The molecule has 6 nitrogen and oxygen atoms in total. The molecule has 102 valence electrons. The molecule has 0 aliphatic carbocycles. The van der Waals surface area contributed by atoms with Crippen molar-refractivity contribution in [3.05, 3.63) is 28.3 Å². The first kappa shape index (κ1) is 13.9. The van der Waals surface area contributed by atoms with Gasteiger partial charge < -0.3 is 0 Å². The number of thiazole rings is 1. The molecule has 0 aliphatic heterocycles. The van der Waals surface area contributed by atoms with Crippen LogP contribution in [0.2, 0.25) is 0 Å². The molecule has 0 saturated carbocycles. The zero-order chi connectivity index (χ0) is 14.0. The molecule has 0 spiro atoms. The second-order valence-corrected chi connectivity index (χ2v) is 7.37. The van der Waals surface area contributed by atoms with Gasteiger partial charge in [0.25, 0.3) is 5.69 Å². The van der Waals surface area contributed by atoms with Crippen LogP contribution < -0.4 is 0 Å². The van der Waals surface area contributed by atoms with Crippen LogP contribution in [0.25, 0.3) is 10.2 Å². The quantitative estimate of drug-likeness (QED) is 0.625. The number of rotatable bonds is 5. The third-order valence-electron chi connectivity index (χ3n) is 2.60. The number of benzene rings is 1. The molecule has 0 saturated heterocycles. The highest BCUT2D eigenvalue weighted by molar-refractivity contribution is 7.93. The lowest BCUT2D eigenvalue weighted by Gasteiger charge is -1.97. The zero-order valence-electron chi connectivity index (χ0n) is 10.2. The monoisotopic (exact) mass is 300 g/mol. The zero-order valence-corrected chi connectivity index (χ0v) is 11.8. The van der Waals surface area contributed by atoms with Gasteiger partial charge in [0.1, 0.15) is 0 Å². The Morgan fingerprint density at radius 3 is 2.79 bits per heavy atom. The summed E-state index contributed by atoms with van der Waals surface area (Å²) in [7, 11) is -3.38. The summed E-state index contributed by atoms with van der Waals surface area (Å²) in [6.45, 7) is 1.91. The van der Waals surface area contributed by atoms with Crippen molar-refractivity contribution >= 4 is 37.1 Å². The van der Waals surface area contributed by atoms with E-state index >= 15 is 0 Å². The Balaban J connectivity index is 2.44. The van der Waals surface area contributed by atoms with E-state index in [1.54, 1.807) is 0 Å². The van der Waals surface area contributed by atoms with E-state index in [0.717, 1.165) is 17.8 Å². The molecule has 19 heavy (non-hydrogen) atoms. The molecule has 0 aliphatic rings. The third-order valence-corrected chi connectivity index (χ3v) is 5.87. The normalized spacial score (nSPS) is 11.8. The molecular formula is C11H12N2O4S2. The maximum atomic E-state index is 12.0. The SMILES string of the molecule is CCCCS(=O)(=O)c1nc2ccc([N+](=O)[O-])cc2s1. The number of non-ortho nitro benzene ring substituents is 1. The van der Waals surface area contributed by atoms with E-state index in [4.69, 9.17) is 0 Å². The molecule has 1 aromatic carbocycles. The van der Waals surface area contributed by atoms with Crippen LogP contribution in [0.4, 0.5) is 5.69 Å². The van der Waals surface area contributed by atoms with Crippen LogP contribution in [-0.2, 0) is 9.84 Å². The lowest BCUT2D eigenvalue weighted by Crippen LogP contribution is -2.05. The molecule has 0 amide bonds. The Morgan fingerprint density at radius 1 is 1.42 bits per heavy atom. The van der Waals surface area contributed by atoms with E-state index in [0.29, 0.717) is 16.6 Å². The van der Waals surface area contributed by atoms with Crippen LogP contribution in [0.3, 0.4) is 0 Å². The molecule has 0 bridgehead atoms. The van der Waals surface area contributed by atoms with Gasteiger partial charge in [-0.3, -0.25) is 10.1 Å². The number of fused-ring (bicyclic) bond motifs is 1. The molecule has 1 aromatic heterocycles. The van der Waals surface area contributed by atoms with Crippen LogP contribution in [-0.4, -0.2) is 24.1 Å². The predicted octanol–water partition coefficient (Wildman–Crippen LogP) is 2.78. The molecular weight excluding hydrogens is 288 g/mol. The summed E-state index contributed by atoms with van der Waals surface area (Å²) < 4.78 is 24.5. The summed E-state index contributed by atoms with van der Waals surface area (Å²) in [5, 5.41) is 10.7. The number of unbranched alkanes of at least 4 members (excludes halogenated alkanes) is 1. The van der Waals surface area contributed by atoms with E-state index in [-0.39, 0.29) is 15.8 Å². The van der Waals surface area contributed by atoms with Crippen molar-refractivity contribution in [1.82, 2.24) is 4.98 Å². The smallest absolute Gasteiger partial charge is 0.258 e. The number of nitro groups is 1. The lowest BCUT2D eigenvalue weighted by atomic mass is 10.3. The van der Waals surface area contributed by atoms with Gasteiger partial charge >= 0.3 is 0 Å². The molecule has 0 fully saturated rings. The van der Waals surface area contributed by atoms with Crippen LogP contribution in [0.5, 0.6) is 0 Å². The van der Waals surface area contributed by atoms with Crippen molar-refractivity contribution in [2.75, 3.05) is 5.75 Å². The van der Waals surface area contributed by atoms with Gasteiger partial charge in [0.15, 0.2) is 0 Å². The van der Waals surface area contributed by atoms with Gasteiger partial charge in [-0.2, -0.15) is 0 Å². The Hall–Kier alpha value is -1.54. The van der Waals surface area contributed by atoms with Crippen molar-refractivity contribution in [3.63, 3.8) is 0 Å². The number of sulfone groups is 1. The average molecular weight is 300 g/mol. The van der Waals surface area contributed by atoms with Gasteiger partial charge in [-0.1, -0.05) is 13.3 Å². The first-order valence-electron chi connectivity index (χ1n) is 5.72. The minimum absolute atomic E-state index is 0.0384.